The van der Waals surface area contributed by atoms with E-state index in [0.717, 1.165) is 12.8 Å². The fourth-order valence-corrected chi connectivity index (χ4v) is 3.08. The summed E-state index contributed by atoms with van der Waals surface area (Å²) in [5.41, 5.74) is -0.654. The van der Waals surface area contributed by atoms with Gasteiger partial charge in [-0.05, 0) is 43.6 Å². The summed E-state index contributed by atoms with van der Waals surface area (Å²) in [5, 5.41) is 10.7. The highest BCUT2D eigenvalue weighted by Crippen LogP contribution is 2.43. The van der Waals surface area contributed by atoms with Crippen molar-refractivity contribution in [3.05, 3.63) is 29.6 Å². The van der Waals surface area contributed by atoms with Crippen LogP contribution in [0, 0.1) is 17.7 Å². The lowest BCUT2D eigenvalue weighted by molar-refractivity contribution is -0.0229. The molecular formula is C16H23FO2. The molecule has 1 fully saturated rings. The van der Waals surface area contributed by atoms with Crippen molar-refractivity contribution in [2.45, 2.75) is 45.1 Å². The van der Waals surface area contributed by atoms with Crippen LogP contribution in [-0.4, -0.2) is 12.2 Å². The van der Waals surface area contributed by atoms with Crippen LogP contribution in [0.25, 0.3) is 0 Å². The van der Waals surface area contributed by atoms with Gasteiger partial charge in [0, 0.05) is 5.56 Å². The average molecular weight is 266 g/mol. The molecule has 19 heavy (non-hydrogen) atoms. The molecule has 1 aliphatic carbocycles. The van der Waals surface area contributed by atoms with Gasteiger partial charge in [0.15, 0.2) is 11.6 Å². The molecule has 0 spiro atoms. The van der Waals surface area contributed by atoms with Crippen molar-refractivity contribution >= 4 is 0 Å². The zero-order valence-electron chi connectivity index (χ0n) is 11.9. The van der Waals surface area contributed by atoms with Gasteiger partial charge in [-0.2, -0.15) is 0 Å². The fourth-order valence-electron chi connectivity index (χ4n) is 3.08. The first-order chi connectivity index (χ1) is 8.98. The maximum Gasteiger partial charge on any atom is 0.171 e. The first kappa shape index (κ1) is 14.3. The van der Waals surface area contributed by atoms with E-state index in [2.05, 4.69) is 13.8 Å². The molecular weight excluding hydrogens is 243 g/mol. The molecule has 0 heterocycles. The minimum Gasteiger partial charge on any atom is -0.494 e. The Morgan fingerprint density at radius 1 is 1.32 bits per heavy atom. The SMILES string of the molecule is COc1cccc(C2(O)CCC(C(C)C)CC2)c1F. The highest BCUT2D eigenvalue weighted by molar-refractivity contribution is 5.35. The van der Waals surface area contributed by atoms with E-state index in [0.29, 0.717) is 30.2 Å². The normalized spacial score (nSPS) is 27.6. The third kappa shape index (κ3) is 2.76. The van der Waals surface area contributed by atoms with Gasteiger partial charge in [-0.25, -0.2) is 4.39 Å². The van der Waals surface area contributed by atoms with Crippen LogP contribution >= 0.6 is 0 Å². The highest BCUT2D eigenvalue weighted by Gasteiger charge is 2.38. The summed E-state index contributed by atoms with van der Waals surface area (Å²) >= 11 is 0. The number of benzene rings is 1. The molecule has 3 heteroatoms. The molecule has 2 rings (SSSR count). The Bertz CT molecular complexity index is 434. The monoisotopic (exact) mass is 266 g/mol. The number of aliphatic hydroxyl groups is 1. The van der Waals surface area contributed by atoms with E-state index >= 15 is 0 Å². The lowest BCUT2D eigenvalue weighted by Crippen LogP contribution is -2.33. The number of hydrogen-bond acceptors (Lipinski definition) is 2. The van der Waals surface area contributed by atoms with Gasteiger partial charge >= 0.3 is 0 Å². The van der Waals surface area contributed by atoms with Crippen molar-refractivity contribution in [1.82, 2.24) is 0 Å². The predicted molar refractivity (Wildman–Crippen MR) is 73.6 cm³/mol. The Hall–Kier alpha value is -1.09. The Balaban J connectivity index is 2.22. The van der Waals surface area contributed by atoms with Gasteiger partial charge in [-0.3, -0.25) is 0 Å². The molecule has 1 N–H and O–H groups in total. The zero-order valence-corrected chi connectivity index (χ0v) is 11.9. The Labute approximate surface area is 114 Å². The van der Waals surface area contributed by atoms with Crippen LogP contribution in [0.3, 0.4) is 0 Å². The molecule has 0 bridgehead atoms. The topological polar surface area (TPSA) is 29.5 Å². The summed E-state index contributed by atoms with van der Waals surface area (Å²) in [4.78, 5) is 0. The Morgan fingerprint density at radius 2 is 1.95 bits per heavy atom. The summed E-state index contributed by atoms with van der Waals surface area (Å²) in [6, 6.07) is 5.00. The van der Waals surface area contributed by atoms with Gasteiger partial charge < -0.3 is 9.84 Å². The summed E-state index contributed by atoms with van der Waals surface area (Å²) < 4.78 is 19.3. The fraction of sp³-hybridized carbons (Fsp3) is 0.625. The Kier molecular flexibility index (Phi) is 4.14. The molecule has 0 aromatic heterocycles. The van der Waals surface area contributed by atoms with E-state index in [1.807, 2.05) is 0 Å². The van der Waals surface area contributed by atoms with Crippen molar-refractivity contribution in [2.75, 3.05) is 7.11 Å². The number of methoxy groups -OCH3 is 1. The van der Waals surface area contributed by atoms with Crippen molar-refractivity contribution < 1.29 is 14.2 Å². The lowest BCUT2D eigenvalue weighted by atomic mass is 9.72. The molecule has 0 atom stereocenters. The summed E-state index contributed by atoms with van der Waals surface area (Å²) in [6.07, 6.45) is 3.15. The van der Waals surface area contributed by atoms with Crippen LogP contribution in [0.4, 0.5) is 4.39 Å². The first-order valence-corrected chi connectivity index (χ1v) is 7.03. The molecule has 2 nitrogen and oxygen atoms in total. The number of hydrogen-bond donors (Lipinski definition) is 1. The highest BCUT2D eigenvalue weighted by atomic mass is 19.1. The summed E-state index contributed by atoms with van der Waals surface area (Å²) in [6.45, 7) is 4.42. The van der Waals surface area contributed by atoms with Crippen molar-refractivity contribution in [2.24, 2.45) is 11.8 Å². The molecule has 0 amide bonds. The third-order valence-corrected chi connectivity index (χ3v) is 4.48. The molecule has 106 valence electrons. The molecule has 0 saturated heterocycles. The van der Waals surface area contributed by atoms with Crippen LogP contribution in [0.2, 0.25) is 0 Å². The largest absolute Gasteiger partial charge is 0.494 e. The molecule has 1 saturated carbocycles. The van der Waals surface area contributed by atoms with Gasteiger partial charge in [0.25, 0.3) is 0 Å². The summed E-state index contributed by atoms with van der Waals surface area (Å²) in [7, 11) is 1.45. The van der Waals surface area contributed by atoms with Gasteiger partial charge in [0.2, 0.25) is 0 Å². The van der Waals surface area contributed by atoms with E-state index in [-0.39, 0.29) is 5.75 Å². The van der Waals surface area contributed by atoms with Gasteiger partial charge in [0.05, 0.1) is 12.7 Å². The first-order valence-electron chi connectivity index (χ1n) is 7.03. The second-order valence-electron chi connectivity index (χ2n) is 5.93. The van der Waals surface area contributed by atoms with Crippen molar-refractivity contribution in [3.8, 4) is 5.75 Å². The zero-order chi connectivity index (χ0) is 14.0. The van der Waals surface area contributed by atoms with E-state index in [1.54, 1.807) is 18.2 Å². The number of rotatable bonds is 3. The van der Waals surface area contributed by atoms with Crippen LogP contribution in [0.15, 0.2) is 18.2 Å². The van der Waals surface area contributed by atoms with Gasteiger partial charge in [-0.15, -0.1) is 0 Å². The maximum absolute atomic E-state index is 14.3. The molecule has 0 radical (unpaired) electrons. The number of halogens is 1. The second kappa shape index (κ2) is 5.49. The minimum atomic E-state index is -1.04. The quantitative estimate of drug-likeness (QED) is 0.900. The van der Waals surface area contributed by atoms with E-state index in [1.165, 1.54) is 7.11 Å². The van der Waals surface area contributed by atoms with Gasteiger partial charge in [-0.1, -0.05) is 26.0 Å². The van der Waals surface area contributed by atoms with E-state index in [9.17, 15) is 9.50 Å². The predicted octanol–water partition coefficient (Wildman–Crippen LogP) is 3.87. The third-order valence-electron chi connectivity index (χ3n) is 4.48. The van der Waals surface area contributed by atoms with Gasteiger partial charge in [0.1, 0.15) is 0 Å². The van der Waals surface area contributed by atoms with Crippen molar-refractivity contribution in [3.63, 3.8) is 0 Å². The molecule has 0 unspecified atom stereocenters. The average Bonchev–Trinajstić information content (AvgIpc) is 2.39. The van der Waals surface area contributed by atoms with Crippen LogP contribution in [-0.2, 0) is 5.60 Å². The minimum absolute atomic E-state index is 0.205. The van der Waals surface area contributed by atoms with E-state index in [4.69, 9.17) is 4.74 Å². The van der Waals surface area contributed by atoms with E-state index < -0.39 is 11.4 Å². The molecule has 1 aromatic carbocycles. The number of ether oxygens (including phenoxy) is 1. The summed E-state index contributed by atoms with van der Waals surface area (Å²) in [5.74, 6) is 1.04. The maximum atomic E-state index is 14.3. The molecule has 1 aromatic rings. The van der Waals surface area contributed by atoms with Crippen LogP contribution in [0.1, 0.15) is 45.1 Å². The van der Waals surface area contributed by atoms with Crippen molar-refractivity contribution in [1.29, 1.82) is 0 Å². The second-order valence-corrected chi connectivity index (χ2v) is 5.93. The smallest absolute Gasteiger partial charge is 0.171 e. The molecule has 1 aliphatic rings. The van der Waals surface area contributed by atoms with Crippen LogP contribution < -0.4 is 4.74 Å². The van der Waals surface area contributed by atoms with Crippen LogP contribution in [0.5, 0.6) is 5.75 Å². The standard InChI is InChI=1S/C16H23FO2/c1-11(2)12-7-9-16(18,10-8-12)13-5-4-6-14(19-3)15(13)17/h4-6,11-12,18H,7-10H2,1-3H3. The Morgan fingerprint density at radius 3 is 2.47 bits per heavy atom. The molecule has 0 aliphatic heterocycles. The lowest BCUT2D eigenvalue weighted by Gasteiger charge is -2.38.